The highest BCUT2D eigenvalue weighted by Crippen LogP contribution is 2.37. The van der Waals surface area contributed by atoms with E-state index >= 15 is 0 Å². The van der Waals surface area contributed by atoms with Gasteiger partial charge in [-0.2, -0.15) is 0 Å². The molecule has 9 heteroatoms. The van der Waals surface area contributed by atoms with Crippen LogP contribution in [0.4, 0.5) is 5.95 Å². The molecule has 184 valence electrons. The fourth-order valence-corrected chi connectivity index (χ4v) is 4.00. The second-order valence-corrected chi connectivity index (χ2v) is 9.45. The highest BCUT2D eigenvalue weighted by molar-refractivity contribution is 7.46. The summed E-state index contributed by atoms with van der Waals surface area (Å²) in [5.41, 5.74) is 1.63. The Balaban J connectivity index is 1.76. The minimum absolute atomic E-state index is 0.163. The standard InChI is InChI=1S/C24H38N3O5P/c1-3-4-5-6-7-8-9-10-11-17-31-22-14-12-13-21(18-22)23-15-16-25-24(27-23)26-19-20(2)32-33(28,29)30/h12-16,18,20H,3-11,17,19H2,1-2H3,(H,25,26,27)(H2,28,29,30)/t20-/m1/s1. The average Bonchev–Trinajstić information content (AvgIpc) is 2.78. The lowest BCUT2D eigenvalue weighted by Gasteiger charge is -2.14. The van der Waals surface area contributed by atoms with Crippen molar-refractivity contribution < 1.29 is 23.6 Å². The third-order valence-corrected chi connectivity index (χ3v) is 5.80. The lowest BCUT2D eigenvalue weighted by atomic mass is 10.1. The van der Waals surface area contributed by atoms with Crippen molar-refractivity contribution in [2.45, 2.75) is 77.7 Å². The Kier molecular flexibility index (Phi) is 12.4. The molecule has 1 heterocycles. The Morgan fingerprint density at radius 1 is 1.03 bits per heavy atom. The lowest BCUT2D eigenvalue weighted by Crippen LogP contribution is -2.19. The second-order valence-electron chi connectivity index (χ2n) is 8.26. The van der Waals surface area contributed by atoms with Crippen molar-refractivity contribution in [3.8, 4) is 17.0 Å². The topological polar surface area (TPSA) is 114 Å². The van der Waals surface area contributed by atoms with E-state index in [1.807, 2.05) is 24.3 Å². The SMILES string of the molecule is CCCCCCCCCCCOc1cccc(-c2ccnc(NC[C@@H](C)OP(=O)(O)O)n2)c1. The molecular weight excluding hydrogens is 441 g/mol. The first kappa shape index (κ1) is 27.3. The van der Waals surface area contributed by atoms with Crippen LogP contribution in [0.3, 0.4) is 0 Å². The first-order valence-corrected chi connectivity index (χ1v) is 13.4. The van der Waals surface area contributed by atoms with Crippen molar-refractivity contribution in [3.63, 3.8) is 0 Å². The Bertz CT molecular complexity index is 861. The van der Waals surface area contributed by atoms with Crippen LogP contribution in [0.15, 0.2) is 36.5 Å². The van der Waals surface area contributed by atoms with E-state index in [-0.39, 0.29) is 6.54 Å². The molecule has 0 bridgehead atoms. The van der Waals surface area contributed by atoms with Crippen molar-refractivity contribution in [1.29, 1.82) is 0 Å². The molecule has 1 atom stereocenters. The average molecular weight is 480 g/mol. The number of aromatic nitrogens is 2. The summed E-state index contributed by atoms with van der Waals surface area (Å²) in [6.45, 7) is 4.67. The van der Waals surface area contributed by atoms with Gasteiger partial charge < -0.3 is 19.8 Å². The van der Waals surface area contributed by atoms with Gasteiger partial charge in [0.2, 0.25) is 5.95 Å². The minimum atomic E-state index is -4.52. The van der Waals surface area contributed by atoms with E-state index < -0.39 is 13.9 Å². The van der Waals surface area contributed by atoms with Crippen molar-refractivity contribution in [2.75, 3.05) is 18.5 Å². The van der Waals surface area contributed by atoms with Crippen LogP contribution in [-0.2, 0) is 9.09 Å². The van der Waals surface area contributed by atoms with E-state index in [1.165, 1.54) is 51.4 Å². The molecular formula is C24H38N3O5P. The number of nitrogens with one attached hydrogen (secondary N) is 1. The van der Waals surface area contributed by atoms with Crippen LogP contribution in [0.5, 0.6) is 5.75 Å². The summed E-state index contributed by atoms with van der Waals surface area (Å²) in [6, 6.07) is 9.60. The fourth-order valence-electron chi connectivity index (χ4n) is 3.46. The molecule has 0 aliphatic heterocycles. The summed E-state index contributed by atoms with van der Waals surface area (Å²) >= 11 is 0. The molecule has 0 fully saturated rings. The number of ether oxygens (including phenoxy) is 1. The third kappa shape index (κ3) is 12.2. The summed E-state index contributed by atoms with van der Waals surface area (Å²) in [5, 5.41) is 2.94. The number of phosphoric ester groups is 1. The van der Waals surface area contributed by atoms with E-state index in [9.17, 15) is 4.57 Å². The number of hydrogen-bond donors (Lipinski definition) is 3. The Morgan fingerprint density at radius 2 is 1.73 bits per heavy atom. The zero-order valence-corrected chi connectivity index (χ0v) is 20.7. The van der Waals surface area contributed by atoms with Gasteiger partial charge in [0.25, 0.3) is 0 Å². The molecule has 0 aliphatic rings. The van der Waals surface area contributed by atoms with Gasteiger partial charge in [0.05, 0.1) is 18.4 Å². The number of nitrogens with zero attached hydrogens (tertiary/aromatic N) is 2. The quantitative estimate of drug-likeness (QED) is 0.188. The van der Waals surface area contributed by atoms with Crippen LogP contribution in [0.25, 0.3) is 11.3 Å². The number of rotatable bonds is 17. The largest absolute Gasteiger partial charge is 0.494 e. The molecule has 0 amide bonds. The van der Waals surface area contributed by atoms with Gasteiger partial charge in [-0.1, -0.05) is 70.4 Å². The van der Waals surface area contributed by atoms with Crippen LogP contribution in [0.1, 0.15) is 71.6 Å². The van der Waals surface area contributed by atoms with Crippen LogP contribution in [0.2, 0.25) is 0 Å². The van der Waals surface area contributed by atoms with Gasteiger partial charge in [-0.05, 0) is 31.5 Å². The van der Waals surface area contributed by atoms with E-state index in [1.54, 1.807) is 19.2 Å². The molecule has 2 aromatic rings. The van der Waals surface area contributed by atoms with Crippen molar-refractivity contribution in [2.24, 2.45) is 0 Å². The van der Waals surface area contributed by atoms with E-state index in [2.05, 4.69) is 26.7 Å². The first-order valence-electron chi connectivity index (χ1n) is 11.9. The number of phosphoric acid groups is 1. The molecule has 0 spiro atoms. The molecule has 33 heavy (non-hydrogen) atoms. The van der Waals surface area contributed by atoms with Gasteiger partial charge >= 0.3 is 7.82 Å². The normalized spacial score (nSPS) is 12.5. The van der Waals surface area contributed by atoms with Gasteiger partial charge in [-0.15, -0.1) is 0 Å². The number of benzene rings is 1. The predicted octanol–water partition coefficient (Wildman–Crippen LogP) is 5.96. The van der Waals surface area contributed by atoms with Gasteiger partial charge in [0.1, 0.15) is 5.75 Å². The van der Waals surface area contributed by atoms with Crippen LogP contribution in [-0.4, -0.2) is 39.0 Å². The maximum atomic E-state index is 10.9. The fraction of sp³-hybridized carbons (Fsp3) is 0.583. The lowest BCUT2D eigenvalue weighted by molar-refractivity contribution is 0.152. The summed E-state index contributed by atoms with van der Waals surface area (Å²) in [4.78, 5) is 26.4. The number of unbranched alkanes of at least 4 members (excludes halogenated alkanes) is 8. The zero-order chi connectivity index (χ0) is 23.9. The van der Waals surface area contributed by atoms with Gasteiger partial charge in [-0.25, -0.2) is 14.5 Å². The van der Waals surface area contributed by atoms with E-state index in [0.717, 1.165) is 23.4 Å². The van der Waals surface area contributed by atoms with Crippen LogP contribution in [0, 0.1) is 0 Å². The first-order chi connectivity index (χ1) is 15.9. The molecule has 0 radical (unpaired) electrons. The van der Waals surface area contributed by atoms with Crippen LogP contribution < -0.4 is 10.1 Å². The summed E-state index contributed by atoms with van der Waals surface area (Å²) < 4.78 is 21.5. The molecule has 0 saturated carbocycles. The third-order valence-electron chi connectivity index (χ3n) is 5.17. The molecule has 1 aromatic heterocycles. The van der Waals surface area contributed by atoms with Gasteiger partial charge in [0.15, 0.2) is 0 Å². The second kappa shape index (κ2) is 15.0. The van der Waals surface area contributed by atoms with Crippen LogP contribution >= 0.6 is 7.82 Å². The summed E-state index contributed by atoms with van der Waals surface area (Å²) in [7, 11) is -4.52. The van der Waals surface area contributed by atoms with Crippen molar-refractivity contribution in [1.82, 2.24) is 9.97 Å². The highest BCUT2D eigenvalue weighted by atomic mass is 31.2. The molecule has 0 saturated heterocycles. The zero-order valence-electron chi connectivity index (χ0n) is 19.8. The minimum Gasteiger partial charge on any atom is -0.494 e. The summed E-state index contributed by atoms with van der Waals surface area (Å²) in [6.07, 6.45) is 12.5. The molecule has 0 aliphatic carbocycles. The Hall–Kier alpha value is -1.99. The molecule has 1 aromatic carbocycles. The van der Waals surface area contributed by atoms with E-state index in [4.69, 9.17) is 14.5 Å². The monoisotopic (exact) mass is 479 g/mol. The molecule has 3 N–H and O–H groups in total. The predicted molar refractivity (Wildman–Crippen MR) is 131 cm³/mol. The van der Waals surface area contributed by atoms with Gasteiger partial charge in [0, 0.05) is 18.3 Å². The number of anilines is 1. The van der Waals surface area contributed by atoms with Gasteiger partial charge in [-0.3, -0.25) is 4.52 Å². The Labute approximate surface area is 197 Å². The number of hydrogen-bond acceptors (Lipinski definition) is 6. The maximum absolute atomic E-state index is 10.9. The maximum Gasteiger partial charge on any atom is 0.469 e. The molecule has 0 unspecified atom stereocenters. The smallest absolute Gasteiger partial charge is 0.469 e. The van der Waals surface area contributed by atoms with E-state index in [0.29, 0.717) is 12.6 Å². The van der Waals surface area contributed by atoms with Crippen molar-refractivity contribution >= 4 is 13.8 Å². The highest BCUT2D eigenvalue weighted by Gasteiger charge is 2.18. The summed E-state index contributed by atoms with van der Waals surface area (Å²) in [5.74, 6) is 1.17. The molecule has 2 rings (SSSR count). The molecule has 8 nitrogen and oxygen atoms in total. The van der Waals surface area contributed by atoms with Crippen molar-refractivity contribution in [3.05, 3.63) is 36.5 Å². The Morgan fingerprint density at radius 3 is 2.42 bits per heavy atom.